The van der Waals surface area contributed by atoms with Gasteiger partial charge in [-0.05, 0) is 44.5 Å². The van der Waals surface area contributed by atoms with Crippen molar-refractivity contribution >= 4 is 16.5 Å². The Morgan fingerprint density at radius 1 is 1.22 bits per heavy atom. The number of aryl methyl sites for hydroxylation is 2. The Labute approximate surface area is 140 Å². The highest BCUT2D eigenvalue weighted by Crippen LogP contribution is 2.45. The molecule has 0 radical (unpaired) electrons. The zero-order chi connectivity index (χ0) is 16.1. The molecule has 23 heavy (non-hydrogen) atoms. The number of hydrogen-bond acceptors (Lipinski definition) is 4. The van der Waals surface area contributed by atoms with E-state index in [4.69, 9.17) is 4.98 Å². The van der Waals surface area contributed by atoms with E-state index >= 15 is 0 Å². The van der Waals surface area contributed by atoms with Gasteiger partial charge in [-0.2, -0.15) is 0 Å². The molecule has 0 N–H and O–H groups in total. The van der Waals surface area contributed by atoms with Crippen molar-refractivity contribution in [3.05, 3.63) is 46.2 Å². The minimum atomic E-state index is -0.139. The second-order valence-electron chi connectivity index (χ2n) is 6.91. The van der Waals surface area contributed by atoms with Crippen LogP contribution in [0.4, 0.5) is 9.52 Å². The van der Waals surface area contributed by atoms with Crippen molar-refractivity contribution < 1.29 is 4.39 Å². The van der Waals surface area contributed by atoms with Gasteiger partial charge in [0.05, 0.1) is 5.69 Å². The zero-order valence-corrected chi connectivity index (χ0v) is 14.6. The van der Waals surface area contributed by atoms with Crippen molar-refractivity contribution in [2.24, 2.45) is 11.8 Å². The third-order valence-electron chi connectivity index (χ3n) is 5.37. The summed E-state index contributed by atoms with van der Waals surface area (Å²) in [6.45, 7) is 7.37. The maximum absolute atomic E-state index is 13.6. The van der Waals surface area contributed by atoms with Gasteiger partial charge in [0.15, 0.2) is 5.13 Å². The molecular formula is C18H22FN3S. The van der Waals surface area contributed by atoms with Crippen LogP contribution in [-0.2, 0) is 0 Å². The molecule has 3 nitrogen and oxygen atoms in total. The van der Waals surface area contributed by atoms with Gasteiger partial charge >= 0.3 is 0 Å². The molecule has 0 unspecified atom stereocenters. The molecule has 2 fully saturated rings. The average Bonchev–Trinajstić information content (AvgIpc) is 3.12. The van der Waals surface area contributed by atoms with Crippen LogP contribution in [-0.4, -0.2) is 36.6 Å². The van der Waals surface area contributed by atoms with Crippen LogP contribution in [0.5, 0.6) is 0 Å². The van der Waals surface area contributed by atoms with Crippen LogP contribution in [0, 0.1) is 31.5 Å². The number of rotatable bonds is 2. The summed E-state index contributed by atoms with van der Waals surface area (Å²) in [5.74, 6) is 1.05. The highest BCUT2D eigenvalue weighted by atomic mass is 32.1. The third-order valence-corrected chi connectivity index (χ3v) is 6.51. The van der Waals surface area contributed by atoms with Crippen molar-refractivity contribution in [3.8, 4) is 0 Å². The van der Waals surface area contributed by atoms with E-state index in [-0.39, 0.29) is 5.82 Å². The van der Waals surface area contributed by atoms with Crippen LogP contribution in [0.15, 0.2) is 24.3 Å². The summed E-state index contributed by atoms with van der Waals surface area (Å²) in [5.41, 5.74) is 2.24. The number of likely N-dealkylation sites (tertiary alicyclic amines) is 1. The van der Waals surface area contributed by atoms with Gasteiger partial charge in [0.1, 0.15) is 5.82 Å². The molecule has 122 valence electrons. The summed E-state index contributed by atoms with van der Waals surface area (Å²) in [5, 5.41) is 1.15. The van der Waals surface area contributed by atoms with Crippen molar-refractivity contribution in [1.82, 2.24) is 9.88 Å². The van der Waals surface area contributed by atoms with E-state index in [1.54, 1.807) is 17.4 Å². The largest absolute Gasteiger partial charge is 0.347 e. The minimum Gasteiger partial charge on any atom is -0.347 e. The van der Waals surface area contributed by atoms with Gasteiger partial charge < -0.3 is 4.90 Å². The Hall–Kier alpha value is -1.46. The number of benzene rings is 1. The lowest BCUT2D eigenvalue weighted by Crippen LogP contribution is -2.29. The molecule has 2 aromatic rings. The smallest absolute Gasteiger partial charge is 0.185 e. The molecule has 2 saturated heterocycles. The van der Waals surface area contributed by atoms with Gasteiger partial charge in [-0.15, -0.1) is 11.3 Å². The number of hydrogen-bond donors (Lipinski definition) is 0. The summed E-state index contributed by atoms with van der Waals surface area (Å²) in [7, 11) is 2.16. The first-order valence-electron chi connectivity index (χ1n) is 8.17. The summed E-state index contributed by atoms with van der Waals surface area (Å²) in [6.07, 6.45) is 0. The Bertz CT molecular complexity index is 709. The van der Waals surface area contributed by atoms with Crippen LogP contribution < -0.4 is 4.90 Å². The SMILES string of the molecule is Cc1nc(N2C[C@@H]3CN(C)[C@@H](c4cccc(F)c4)[C@@H]3C2)sc1C. The van der Waals surface area contributed by atoms with E-state index < -0.39 is 0 Å². The monoisotopic (exact) mass is 331 g/mol. The topological polar surface area (TPSA) is 19.4 Å². The first-order chi connectivity index (χ1) is 11.0. The second kappa shape index (κ2) is 5.56. The standard InChI is InChI=1S/C18H22FN3S/c1-11-12(2)23-18(20-11)22-9-14-8-21(3)17(16(14)10-22)13-5-4-6-15(19)7-13/h4-7,14,16-17H,8-10H2,1-3H3/t14-,16+,17-/m0/s1. The molecule has 0 amide bonds. The Kier molecular flexibility index (Phi) is 3.65. The molecule has 0 saturated carbocycles. The molecule has 3 atom stereocenters. The van der Waals surface area contributed by atoms with Gasteiger partial charge in [0.2, 0.25) is 0 Å². The van der Waals surface area contributed by atoms with Crippen molar-refractivity contribution in [1.29, 1.82) is 0 Å². The number of fused-ring (bicyclic) bond motifs is 1. The Morgan fingerprint density at radius 3 is 2.74 bits per heavy atom. The van der Waals surface area contributed by atoms with E-state index in [0.29, 0.717) is 17.9 Å². The van der Waals surface area contributed by atoms with Crippen LogP contribution in [0.3, 0.4) is 0 Å². The Balaban J connectivity index is 1.60. The molecule has 0 bridgehead atoms. The van der Waals surface area contributed by atoms with E-state index in [1.165, 1.54) is 10.9 Å². The van der Waals surface area contributed by atoms with Crippen LogP contribution in [0.25, 0.3) is 0 Å². The maximum atomic E-state index is 13.6. The van der Waals surface area contributed by atoms with E-state index in [9.17, 15) is 4.39 Å². The van der Waals surface area contributed by atoms with E-state index in [0.717, 1.165) is 36.0 Å². The number of aromatic nitrogens is 1. The Morgan fingerprint density at radius 2 is 2.04 bits per heavy atom. The van der Waals surface area contributed by atoms with Gasteiger partial charge in [-0.25, -0.2) is 9.37 Å². The normalized spacial score (nSPS) is 27.7. The third kappa shape index (κ3) is 2.56. The second-order valence-corrected chi connectivity index (χ2v) is 8.09. The van der Waals surface area contributed by atoms with Crippen LogP contribution >= 0.6 is 11.3 Å². The fourth-order valence-electron chi connectivity index (χ4n) is 4.20. The predicted molar refractivity (Wildman–Crippen MR) is 92.6 cm³/mol. The van der Waals surface area contributed by atoms with Gasteiger partial charge in [0, 0.05) is 36.5 Å². The van der Waals surface area contributed by atoms with Crippen LogP contribution in [0.2, 0.25) is 0 Å². The molecule has 2 aliphatic heterocycles. The number of anilines is 1. The van der Waals surface area contributed by atoms with Crippen molar-refractivity contribution in [3.63, 3.8) is 0 Å². The molecule has 3 heterocycles. The molecule has 0 aliphatic carbocycles. The lowest BCUT2D eigenvalue weighted by Gasteiger charge is -2.26. The van der Waals surface area contributed by atoms with E-state index in [2.05, 4.69) is 36.8 Å². The fourth-order valence-corrected chi connectivity index (χ4v) is 5.13. The average molecular weight is 331 g/mol. The molecule has 0 spiro atoms. The summed E-state index contributed by atoms with van der Waals surface area (Å²) in [6, 6.07) is 7.42. The summed E-state index contributed by atoms with van der Waals surface area (Å²) in [4.78, 5) is 10.8. The number of nitrogens with zero attached hydrogens (tertiary/aromatic N) is 3. The molecule has 1 aromatic heterocycles. The lowest BCUT2D eigenvalue weighted by molar-refractivity contribution is 0.279. The molecule has 5 heteroatoms. The fraction of sp³-hybridized carbons (Fsp3) is 0.500. The predicted octanol–water partition coefficient (Wildman–Crippen LogP) is 3.64. The van der Waals surface area contributed by atoms with Gasteiger partial charge in [-0.3, -0.25) is 4.90 Å². The first-order valence-corrected chi connectivity index (χ1v) is 8.99. The highest BCUT2D eigenvalue weighted by Gasteiger charge is 2.46. The first kappa shape index (κ1) is 15.1. The summed E-state index contributed by atoms with van der Waals surface area (Å²) < 4.78 is 13.6. The lowest BCUT2D eigenvalue weighted by atomic mass is 9.89. The molecular weight excluding hydrogens is 309 g/mol. The maximum Gasteiger partial charge on any atom is 0.185 e. The highest BCUT2D eigenvalue weighted by molar-refractivity contribution is 7.15. The zero-order valence-electron chi connectivity index (χ0n) is 13.8. The quantitative estimate of drug-likeness (QED) is 0.837. The van der Waals surface area contributed by atoms with Gasteiger partial charge in [-0.1, -0.05) is 12.1 Å². The van der Waals surface area contributed by atoms with E-state index in [1.807, 2.05) is 6.07 Å². The molecule has 4 rings (SSSR count). The molecule has 1 aromatic carbocycles. The number of halogens is 1. The summed E-state index contributed by atoms with van der Waals surface area (Å²) >= 11 is 1.79. The van der Waals surface area contributed by atoms with Crippen molar-refractivity contribution in [2.75, 3.05) is 31.6 Å². The van der Waals surface area contributed by atoms with Crippen molar-refractivity contribution in [2.45, 2.75) is 19.9 Å². The number of thiazole rings is 1. The van der Waals surface area contributed by atoms with Gasteiger partial charge in [0.25, 0.3) is 0 Å². The minimum absolute atomic E-state index is 0.139. The van der Waals surface area contributed by atoms with Crippen LogP contribution in [0.1, 0.15) is 22.2 Å². The molecule has 2 aliphatic rings.